The number of hydrogen-bond acceptors (Lipinski definition) is 1. The Hall–Kier alpha value is -2.25. The maximum Gasteiger partial charge on any atom is 0.0905 e. The van der Waals surface area contributed by atoms with E-state index in [-0.39, 0.29) is 0 Å². The van der Waals surface area contributed by atoms with E-state index in [0.29, 0.717) is 0 Å². The SMILES string of the molecule is C=CC#N.CCC=C=C=Cc1ccccc1. The Labute approximate surface area is 97.4 Å². The highest BCUT2D eigenvalue weighted by atomic mass is 14.2. The fourth-order valence-electron chi connectivity index (χ4n) is 0.835. The van der Waals surface area contributed by atoms with Crippen LogP contribution in [0.25, 0.3) is 6.08 Å². The molecular formula is C15H15N. The molecule has 1 nitrogen and oxygen atoms in total. The number of nitriles is 1. The van der Waals surface area contributed by atoms with Crippen LogP contribution in [0.4, 0.5) is 0 Å². The van der Waals surface area contributed by atoms with Crippen molar-refractivity contribution in [2.75, 3.05) is 0 Å². The van der Waals surface area contributed by atoms with Crippen molar-refractivity contribution in [3.05, 3.63) is 66.1 Å². The fourth-order valence-corrected chi connectivity index (χ4v) is 0.835. The average Bonchev–Trinajstić information content (AvgIpc) is 2.36. The van der Waals surface area contributed by atoms with Crippen molar-refractivity contribution in [1.29, 1.82) is 5.26 Å². The van der Waals surface area contributed by atoms with Crippen LogP contribution in [0.2, 0.25) is 0 Å². The van der Waals surface area contributed by atoms with Gasteiger partial charge in [-0.2, -0.15) is 5.26 Å². The van der Waals surface area contributed by atoms with E-state index in [2.05, 4.69) is 25.0 Å². The molecule has 0 radical (unpaired) electrons. The van der Waals surface area contributed by atoms with Gasteiger partial charge < -0.3 is 0 Å². The summed E-state index contributed by atoms with van der Waals surface area (Å²) in [5, 5.41) is 7.51. The number of hydrogen-bond donors (Lipinski definition) is 0. The smallest absolute Gasteiger partial charge is 0.0905 e. The van der Waals surface area contributed by atoms with Crippen LogP contribution in [0.15, 0.2) is 60.5 Å². The number of nitrogens with zero attached hydrogens (tertiary/aromatic N) is 1. The van der Waals surface area contributed by atoms with Crippen LogP contribution in [-0.4, -0.2) is 0 Å². The molecule has 0 heterocycles. The summed E-state index contributed by atoms with van der Waals surface area (Å²) in [6, 6.07) is 11.8. The topological polar surface area (TPSA) is 23.8 Å². The van der Waals surface area contributed by atoms with Gasteiger partial charge in [-0.25, -0.2) is 0 Å². The molecule has 0 atom stereocenters. The first kappa shape index (κ1) is 13.8. The van der Waals surface area contributed by atoms with E-state index in [1.807, 2.05) is 42.5 Å². The second-order valence-electron chi connectivity index (χ2n) is 2.79. The van der Waals surface area contributed by atoms with Gasteiger partial charge >= 0.3 is 0 Å². The van der Waals surface area contributed by atoms with Crippen molar-refractivity contribution in [1.82, 2.24) is 0 Å². The van der Waals surface area contributed by atoms with Gasteiger partial charge in [0.05, 0.1) is 6.07 Å². The third-order valence-corrected chi connectivity index (χ3v) is 1.52. The van der Waals surface area contributed by atoms with E-state index in [1.165, 1.54) is 6.08 Å². The van der Waals surface area contributed by atoms with Crippen molar-refractivity contribution in [3.63, 3.8) is 0 Å². The van der Waals surface area contributed by atoms with Gasteiger partial charge in [-0.15, -0.1) is 0 Å². The first-order valence-corrected chi connectivity index (χ1v) is 5.06. The molecule has 80 valence electrons. The number of allylic oxidation sites excluding steroid dienone is 2. The molecule has 0 unspecified atom stereocenters. The molecule has 1 aromatic carbocycles. The van der Waals surface area contributed by atoms with Crippen LogP contribution in [-0.2, 0) is 0 Å². The van der Waals surface area contributed by atoms with Crippen molar-refractivity contribution < 1.29 is 0 Å². The van der Waals surface area contributed by atoms with Gasteiger partial charge in [-0.3, -0.25) is 0 Å². The van der Waals surface area contributed by atoms with Gasteiger partial charge in [0.2, 0.25) is 0 Å². The van der Waals surface area contributed by atoms with Crippen molar-refractivity contribution >= 4 is 6.08 Å². The maximum absolute atomic E-state index is 7.51. The van der Waals surface area contributed by atoms with Crippen molar-refractivity contribution in [2.45, 2.75) is 13.3 Å². The van der Waals surface area contributed by atoms with Crippen LogP contribution in [0.1, 0.15) is 18.9 Å². The summed E-state index contributed by atoms with van der Waals surface area (Å²) in [7, 11) is 0. The summed E-state index contributed by atoms with van der Waals surface area (Å²) in [6.07, 6.45) is 6.07. The Kier molecular flexibility index (Phi) is 9.31. The Morgan fingerprint density at radius 1 is 1.25 bits per heavy atom. The predicted molar refractivity (Wildman–Crippen MR) is 68.6 cm³/mol. The molecule has 0 spiro atoms. The summed E-state index contributed by atoms with van der Waals surface area (Å²) in [5.41, 5.74) is 7.09. The highest BCUT2D eigenvalue weighted by molar-refractivity contribution is 5.47. The third-order valence-electron chi connectivity index (χ3n) is 1.52. The van der Waals surface area contributed by atoms with E-state index in [9.17, 15) is 0 Å². The van der Waals surface area contributed by atoms with Crippen LogP contribution in [0, 0.1) is 11.3 Å². The molecule has 0 saturated heterocycles. The van der Waals surface area contributed by atoms with Crippen LogP contribution in [0.5, 0.6) is 0 Å². The molecule has 1 heteroatoms. The molecule has 16 heavy (non-hydrogen) atoms. The number of rotatable bonds is 2. The largest absolute Gasteiger partial charge is 0.193 e. The second-order valence-corrected chi connectivity index (χ2v) is 2.79. The Morgan fingerprint density at radius 3 is 2.38 bits per heavy atom. The molecule has 1 aromatic rings. The van der Waals surface area contributed by atoms with Crippen LogP contribution in [0.3, 0.4) is 0 Å². The van der Waals surface area contributed by atoms with Gasteiger partial charge in [0.1, 0.15) is 0 Å². The quantitative estimate of drug-likeness (QED) is 0.531. The summed E-state index contributed by atoms with van der Waals surface area (Å²) in [6.45, 7) is 5.20. The maximum atomic E-state index is 7.51. The van der Waals surface area contributed by atoms with Crippen LogP contribution < -0.4 is 0 Å². The van der Waals surface area contributed by atoms with E-state index >= 15 is 0 Å². The Bertz CT molecular complexity index is 422. The molecule has 0 bridgehead atoms. The third kappa shape index (κ3) is 8.35. The highest BCUT2D eigenvalue weighted by Crippen LogP contribution is 1.98. The van der Waals surface area contributed by atoms with Gasteiger partial charge in [-0.1, -0.05) is 55.3 Å². The molecule has 0 aliphatic carbocycles. The molecular weight excluding hydrogens is 194 g/mol. The van der Waals surface area contributed by atoms with Gasteiger partial charge in [-0.05, 0) is 24.1 Å². The van der Waals surface area contributed by atoms with E-state index in [4.69, 9.17) is 5.26 Å². The zero-order chi connectivity index (χ0) is 12.1. The summed E-state index contributed by atoms with van der Waals surface area (Å²) in [4.78, 5) is 0. The molecule has 0 amide bonds. The average molecular weight is 209 g/mol. The summed E-state index contributed by atoms with van der Waals surface area (Å²) < 4.78 is 0. The molecule has 0 fully saturated rings. The lowest BCUT2D eigenvalue weighted by Crippen LogP contribution is -1.64. The zero-order valence-corrected chi connectivity index (χ0v) is 9.48. The first-order chi connectivity index (χ1) is 7.85. The Balaban J connectivity index is 0.000000487. The monoisotopic (exact) mass is 209 g/mol. The minimum atomic E-state index is 1.01. The molecule has 0 saturated carbocycles. The van der Waals surface area contributed by atoms with Gasteiger partial charge in [0.15, 0.2) is 0 Å². The minimum Gasteiger partial charge on any atom is -0.193 e. The highest BCUT2D eigenvalue weighted by Gasteiger charge is 1.78. The van der Waals surface area contributed by atoms with Crippen molar-refractivity contribution in [2.24, 2.45) is 0 Å². The molecule has 0 N–H and O–H groups in total. The minimum absolute atomic E-state index is 1.01. The second kappa shape index (κ2) is 10.8. The molecule has 0 aliphatic heterocycles. The molecule has 0 aromatic heterocycles. The number of benzene rings is 1. The standard InChI is InChI=1S/C12H12.C3H3N/c1-2-3-4-6-9-12-10-7-5-8-11-12;1-2-3-4/h3,5,7-11H,2H2,1H3;2H,1H2. The lowest BCUT2D eigenvalue weighted by molar-refractivity contribution is 1.23. The summed E-state index contributed by atoms with van der Waals surface area (Å²) >= 11 is 0. The zero-order valence-electron chi connectivity index (χ0n) is 9.48. The van der Waals surface area contributed by atoms with Crippen LogP contribution >= 0.6 is 0 Å². The first-order valence-electron chi connectivity index (χ1n) is 5.06. The normalized spacial score (nSPS) is 7.00. The lowest BCUT2D eigenvalue weighted by atomic mass is 10.2. The molecule has 0 aliphatic rings. The Morgan fingerprint density at radius 2 is 1.88 bits per heavy atom. The van der Waals surface area contributed by atoms with Crippen molar-refractivity contribution in [3.8, 4) is 6.07 Å². The summed E-state index contributed by atoms with van der Waals surface area (Å²) in [5.74, 6) is 0. The lowest BCUT2D eigenvalue weighted by Gasteiger charge is -1.85. The van der Waals surface area contributed by atoms with E-state index in [1.54, 1.807) is 6.07 Å². The van der Waals surface area contributed by atoms with Gasteiger partial charge in [0.25, 0.3) is 0 Å². The predicted octanol–water partition coefficient (Wildman–Crippen LogP) is 4.12. The molecule has 1 rings (SSSR count). The van der Waals surface area contributed by atoms with E-state index in [0.717, 1.165) is 12.0 Å². The van der Waals surface area contributed by atoms with E-state index < -0.39 is 0 Å². The van der Waals surface area contributed by atoms with Gasteiger partial charge in [0, 0.05) is 6.08 Å². The fraction of sp³-hybridized carbons (Fsp3) is 0.133.